The summed E-state index contributed by atoms with van der Waals surface area (Å²) in [5.41, 5.74) is 0.444. The van der Waals surface area contributed by atoms with Gasteiger partial charge in [-0.2, -0.15) is 0 Å². The van der Waals surface area contributed by atoms with Crippen molar-refractivity contribution in [1.82, 2.24) is 5.32 Å². The summed E-state index contributed by atoms with van der Waals surface area (Å²) in [6, 6.07) is 15.2. The molecule has 3 rings (SSSR count). The lowest BCUT2D eigenvalue weighted by Gasteiger charge is -2.35. The number of anilines is 1. The molecule has 0 aliphatic carbocycles. The predicted molar refractivity (Wildman–Crippen MR) is 118 cm³/mol. The summed E-state index contributed by atoms with van der Waals surface area (Å²) >= 11 is 0. The highest BCUT2D eigenvalue weighted by atomic mass is 32.2. The van der Waals surface area contributed by atoms with Crippen LogP contribution in [-0.2, 0) is 14.8 Å². The van der Waals surface area contributed by atoms with E-state index >= 15 is 0 Å². The van der Waals surface area contributed by atoms with Gasteiger partial charge in [0.1, 0.15) is 5.75 Å². The van der Waals surface area contributed by atoms with Gasteiger partial charge >= 0.3 is 0 Å². The maximum Gasteiger partial charge on any atom is 0.264 e. The van der Waals surface area contributed by atoms with Crippen molar-refractivity contribution in [2.45, 2.75) is 50.5 Å². The number of unbranched alkanes of at least 4 members (excludes halogenated alkanes) is 1. The van der Waals surface area contributed by atoms with Gasteiger partial charge in [0.2, 0.25) is 0 Å². The Labute approximate surface area is 179 Å². The van der Waals surface area contributed by atoms with Crippen LogP contribution in [0.1, 0.15) is 39.5 Å². The molecule has 0 aromatic heterocycles. The van der Waals surface area contributed by atoms with Crippen LogP contribution in [0.5, 0.6) is 5.75 Å². The molecule has 7 heteroatoms. The highest BCUT2D eigenvalue weighted by Crippen LogP contribution is 2.36. The van der Waals surface area contributed by atoms with Gasteiger partial charge in [0.15, 0.2) is 6.10 Å². The summed E-state index contributed by atoms with van der Waals surface area (Å²) in [5, 5.41) is 2.97. The van der Waals surface area contributed by atoms with E-state index < -0.39 is 16.1 Å². The Hall–Kier alpha value is -2.54. The molecule has 2 aromatic rings. The highest BCUT2D eigenvalue weighted by Gasteiger charge is 2.37. The lowest BCUT2D eigenvalue weighted by molar-refractivity contribution is -0.127. The largest absolute Gasteiger partial charge is 0.476 e. The van der Waals surface area contributed by atoms with Crippen LogP contribution < -0.4 is 14.4 Å². The summed E-state index contributed by atoms with van der Waals surface area (Å²) in [4.78, 5) is 13.0. The SMILES string of the molecule is CCCCC(CC)CNC(=O)C1CN(S(=O)(=O)c2ccccc2)c2ccccc2O1. The van der Waals surface area contributed by atoms with E-state index in [2.05, 4.69) is 19.2 Å². The first-order valence-corrected chi connectivity index (χ1v) is 12.0. The Bertz CT molecular complexity index is 947. The van der Waals surface area contributed by atoms with E-state index in [1.54, 1.807) is 54.6 Å². The van der Waals surface area contributed by atoms with Crippen molar-refractivity contribution in [2.24, 2.45) is 5.92 Å². The zero-order valence-electron chi connectivity index (χ0n) is 17.6. The van der Waals surface area contributed by atoms with Gasteiger partial charge in [0.25, 0.3) is 15.9 Å². The van der Waals surface area contributed by atoms with Gasteiger partial charge in [-0.1, -0.05) is 63.4 Å². The minimum absolute atomic E-state index is 0.0637. The van der Waals surface area contributed by atoms with Crippen LogP contribution in [0.3, 0.4) is 0 Å². The molecule has 1 aliphatic rings. The Morgan fingerprint density at radius 1 is 1.13 bits per heavy atom. The van der Waals surface area contributed by atoms with Crippen molar-refractivity contribution in [3.05, 3.63) is 54.6 Å². The van der Waals surface area contributed by atoms with Crippen LogP contribution in [0.25, 0.3) is 0 Å². The second kappa shape index (κ2) is 9.98. The molecule has 1 N–H and O–H groups in total. The van der Waals surface area contributed by atoms with Crippen molar-refractivity contribution in [1.29, 1.82) is 0 Å². The number of carbonyl (C=O) groups is 1. The number of hydrogen-bond donors (Lipinski definition) is 1. The Kier molecular flexibility index (Phi) is 7.37. The Morgan fingerprint density at radius 2 is 1.83 bits per heavy atom. The maximum atomic E-state index is 13.3. The molecule has 2 aromatic carbocycles. The third-order valence-electron chi connectivity index (χ3n) is 5.47. The molecule has 1 amide bonds. The van der Waals surface area contributed by atoms with Crippen LogP contribution in [0.4, 0.5) is 5.69 Å². The van der Waals surface area contributed by atoms with E-state index in [1.807, 2.05) is 0 Å². The number of carbonyl (C=O) groups excluding carboxylic acids is 1. The lowest BCUT2D eigenvalue weighted by atomic mass is 9.99. The van der Waals surface area contributed by atoms with Crippen LogP contribution in [0.15, 0.2) is 59.5 Å². The van der Waals surface area contributed by atoms with Crippen molar-refractivity contribution >= 4 is 21.6 Å². The Balaban J connectivity index is 1.80. The third-order valence-corrected chi connectivity index (χ3v) is 7.26. The first-order chi connectivity index (χ1) is 14.5. The minimum atomic E-state index is -3.82. The van der Waals surface area contributed by atoms with Gasteiger partial charge in [-0.05, 0) is 36.6 Å². The summed E-state index contributed by atoms with van der Waals surface area (Å²) in [6.45, 7) is 4.78. The minimum Gasteiger partial charge on any atom is -0.476 e. The van der Waals surface area contributed by atoms with Gasteiger partial charge in [-0.3, -0.25) is 9.10 Å². The number of amides is 1. The second-order valence-corrected chi connectivity index (χ2v) is 9.45. The zero-order chi connectivity index (χ0) is 21.6. The molecule has 2 unspecified atom stereocenters. The first kappa shape index (κ1) is 22.2. The molecule has 0 saturated carbocycles. The highest BCUT2D eigenvalue weighted by molar-refractivity contribution is 7.92. The van der Waals surface area contributed by atoms with Gasteiger partial charge in [-0.25, -0.2) is 8.42 Å². The van der Waals surface area contributed by atoms with E-state index in [0.29, 0.717) is 23.9 Å². The quantitative estimate of drug-likeness (QED) is 0.653. The first-order valence-electron chi connectivity index (χ1n) is 10.6. The molecular weight excluding hydrogens is 400 g/mol. The molecular formula is C23H30N2O4S. The molecule has 1 heterocycles. The molecule has 0 fully saturated rings. The van der Waals surface area contributed by atoms with Crippen molar-refractivity contribution in [2.75, 3.05) is 17.4 Å². The fraction of sp³-hybridized carbons (Fsp3) is 0.435. The average molecular weight is 431 g/mol. The summed E-state index contributed by atoms with van der Waals surface area (Å²) in [6.07, 6.45) is 3.41. The molecule has 0 bridgehead atoms. The fourth-order valence-electron chi connectivity index (χ4n) is 3.59. The van der Waals surface area contributed by atoms with Crippen LogP contribution in [-0.4, -0.2) is 33.5 Å². The molecule has 2 atom stereocenters. The standard InChI is InChI=1S/C23H30N2O4S/c1-3-5-11-18(4-2)16-24-23(26)22-17-25(20-14-9-10-15-21(20)29-22)30(27,28)19-12-7-6-8-13-19/h6-10,12-15,18,22H,3-5,11,16-17H2,1-2H3,(H,24,26). The predicted octanol–water partition coefficient (Wildman–Crippen LogP) is 3.98. The number of benzene rings is 2. The number of ether oxygens (including phenoxy) is 1. The molecule has 0 spiro atoms. The van der Waals surface area contributed by atoms with Crippen LogP contribution >= 0.6 is 0 Å². The molecule has 0 saturated heterocycles. The Morgan fingerprint density at radius 3 is 2.53 bits per heavy atom. The van der Waals surface area contributed by atoms with Gasteiger partial charge < -0.3 is 10.1 Å². The molecule has 30 heavy (non-hydrogen) atoms. The molecule has 162 valence electrons. The van der Waals surface area contributed by atoms with E-state index in [1.165, 1.54) is 4.31 Å². The third kappa shape index (κ3) is 4.95. The average Bonchev–Trinajstić information content (AvgIpc) is 2.78. The van der Waals surface area contributed by atoms with Crippen LogP contribution in [0.2, 0.25) is 0 Å². The van der Waals surface area contributed by atoms with Gasteiger partial charge in [0, 0.05) is 6.54 Å². The molecule has 6 nitrogen and oxygen atoms in total. The number of nitrogens with zero attached hydrogens (tertiary/aromatic N) is 1. The lowest BCUT2D eigenvalue weighted by Crippen LogP contribution is -2.51. The van der Waals surface area contributed by atoms with Crippen LogP contribution in [0, 0.1) is 5.92 Å². The van der Waals surface area contributed by atoms with E-state index in [0.717, 1.165) is 25.7 Å². The number of sulfonamides is 1. The topological polar surface area (TPSA) is 75.7 Å². The summed E-state index contributed by atoms with van der Waals surface area (Å²) in [7, 11) is -3.82. The monoisotopic (exact) mass is 430 g/mol. The normalized spacial score (nSPS) is 17.0. The summed E-state index contributed by atoms with van der Waals surface area (Å²) < 4.78 is 33.7. The number of rotatable bonds is 9. The smallest absolute Gasteiger partial charge is 0.264 e. The fourth-order valence-corrected chi connectivity index (χ4v) is 5.09. The number of hydrogen-bond acceptors (Lipinski definition) is 4. The van der Waals surface area contributed by atoms with E-state index in [-0.39, 0.29) is 17.3 Å². The zero-order valence-corrected chi connectivity index (χ0v) is 18.4. The summed E-state index contributed by atoms with van der Waals surface area (Å²) in [5.74, 6) is 0.517. The van der Waals surface area contributed by atoms with Gasteiger partial charge in [0.05, 0.1) is 17.1 Å². The van der Waals surface area contributed by atoms with Gasteiger partial charge in [-0.15, -0.1) is 0 Å². The molecule has 0 radical (unpaired) electrons. The number of para-hydroxylation sites is 2. The van der Waals surface area contributed by atoms with Crippen molar-refractivity contribution < 1.29 is 17.9 Å². The maximum absolute atomic E-state index is 13.3. The van der Waals surface area contributed by atoms with E-state index in [4.69, 9.17) is 4.74 Å². The molecule has 1 aliphatic heterocycles. The number of nitrogens with one attached hydrogen (secondary N) is 1. The van der Waals surface area contributed by atoms with Crippen molar-refractivity contribution in [3.63, 3.8) is 0 Å². The second-order valence-electron chi connectivity index (χ2n) is 7.59. The number of fused-ring (bicyclic) bond motifs is 1. The van der Waals surface area contributed by atoms with Crippen molar-refractivity contribution in [3.8, 4) is 5.75 Å². The van der Waals surface area contributed by atoms with E-state index in [9.17, 15) is 13.2 Å².